The van der Waals surface area contributed by atoms with Crippen LogP contribution in [0.3, 0.4) is 0 Å². The molecule has 0 amide bonds. The molecule has 6 heteroatoms. The number of aromatic nitrogens is 2. The highest BCUT2D eigenvalue weighted by Crippen LogP contribution is 2.30. The molecule has 1 aromatic carbocycles. The molecule has 0 aliphatic rings. The molecule has 1 unspecified atom stereocenters. The van der Waals surface area contributed by atoms with Crippen molar-refractivity contribution >= 4 is 0 Å². The van der Waals surface area contributed by atoms with Crippen LogP contribution in [0, 0.1) is 18.6 Å². The Morgan fingerprint density at radius 3 is 2.76 bits per heavy atom. The number of rotatable bonds is 5. The van der Waals surface area contributed by atoms with Crippen LogP contribution in [0.2, 0.25) is 0 Å². The molecule has 0 bridgehead atoms. The maximum Gasteiger partial charge on any atom is 0.221 e. The summed E-state index contributed by atoms with van der Waals surface area (Å²) < 4.78 is 34.0. The number of nitrogens with zero attached hydrogens (tertiary/aromatic N) is 2. The Morgan fingerprint density at radius 1 is 1.38 bits per heavy atom. The van der Waals surface area contributed by atoms with Gasteiger partial charge in [-0.15, -0.1) is 0 Å². The summed E-state index contributed by atoms with van der Waals surface area (Å²) in [7, 11) is 1.69. The van der Waals surface area contributed by atoms with E-state index < -0.39 is 11.6 Å². The fourth-order valence-electron chi connectivity index (χ4n) is 2.12. The zero-order valence-electron chi connectivity index (χ0n) is 12.4. The van der Waals surface area contributed by atoms with E-state index in [0.717, 1.165) is 23.7 Å². The van der Waals surface area contributed by atoms with E-state index in [4.69, 9.17) is 10.5 Å². The van der Waals surface area contributed by atoms with Crippen LogP contribution in [0.1, 0.15) is 24.6 Å². The van der Waals surface area contributed by atoms with Crippen molar-refractivity contribution in [2.24, 2.45) is 12.8 Å². The lowest BCUT2D eigenvalue weighted by Crippen LogP contribution is -2.21. The van der Waals surface area contributed by atoms with Gasteiger partial charge in [-0.05, 0) is 31.9 Å². The van der Waals surface area contributed by atoms with E-state index in [1.165, 1.54) is 16.8 Å². The van der Waals surface area contributed by atoms with Crippen LogP contribution in [-0.4, -0.2) is 15.8 Å². The van der Waals surface area contributed by atoms with E-state index in [0.29, 0.717) is 12.3 Å². The highest BCUT2D eigenvalue weighted by Gasteiger charge is 2.19. The van der Waals surface area contributed by atoms with Crippen molar-refractivity contribution in [2.75, 3.05) is 0 Å². The molecule has 0 spiro atoms. The number of halogens is 2. The van der Waals surface area contributed by atoms with Gasteiger partial charge in [0.2, 0.25) is 11.7 Å². The number of nitrogens with two attached hydrogens (primary N) is 1. The molecule has 4 nitrogen and oxygen atoms in total. The lowest BCUT2D eigenvalue weighted by molar-refractivity contribution is 0.383. The molecule has 1 atom stereocenters. The summed E-state index contributed by atoms with van der Waals surface area (Å²) in [6.07, 6.45) is 1.38. The number of ether oxygens (including phenoxy) is 1. The summed E-state index contributed by atoms with van der Waals surface area (Å²) in [4.78, 5) is 0. The normalized spacial score (nSPS) is 12.5. The van der Waals surface area contributed by atoms with Crippen molar-refractivity contribution in [1.29, 1.82) is 0 Å². The van der Waals surface area contributed by atoms with Gasteiger partial charge in [-0.3, -0.25) is 0 Å². The third-order valence-electron chi connectivity index (χ3n) is 3.40. The molecule has 2 aromatic rings. The first-order chi connectivity index (χ1) is 9.93. The number of benzene rings is 1. The highest BCUT2D eigenvalue weighted by atomic mass is 19.2. The monoisotopic (exact) mass is 295 g/mol. The van der Waals surface area contributed by atoms with Crippen molar-refractivity contribution in [3.63, 3.8) is 0 Å². The Morgan fingerprint density at radius 2 is 2.10 bits per heavy atom. The molecule has 0 saturated heterocycles. The van der Waals surface area contributed by atoms with E-state index in [1.54, 1.807) is 7.05 Å². The number of aryl methyl sites for hydroxylation is 2. The van der Waals surface area contributed by atoms with Crippen LogP contribution >= 0.6 is 0 Å². The average molecular weight is 295 g/mol. The van der Waals surface area contributed by atoms with Gasteiger partial charge < -0.3 is 10.5 Å². The van der Waals surface area contributed by atoms with E-state index in [1.807, 2.05) is 13.8 Å². The molecule has 0 saturated carbocycles. The largest absolute Gasteiger partial charge is 0.436 e. The molecule has 1 aromatic heterocycles. The second-order valence-corrected chi connectivity index (χ2v) is 5.02. The van der Waals surface area contributed by atoms with Gasteiger partial charge in [0.1, 0.15) is 0 Å². The Hall–Kier alpha value is -1.95. The minimum atomic E-state index is -1.01. The van der Waals surface area contributed by atoms with Gasteiger partial charge in [-0.1, -0.05) is 13.0 Å². The van der Waals surface area contributed by atoms with Crippen molar-refractivity contribution in [2.45, 2.75) is 32.7 Å². The van der Waals surface area contributed by atoms with Crippen molar-refractivity contribution in [1.82, 2.24) is 9.78 Å². The highest BCUT2D eigenvalue weighted by molar-refractivity contribution is 5.37. The van der Waals surface area contributed by atoms with E-state index >= 15 is 0 Å². The van der Waals surface area contributed by atoms with Crippen molar-refractivity contribution in [3.8, 4) is 11.6 Å². The Kier molecular flexibility index (Phi) is 4.57. The van der Waals surface area contributed by atoms with Gasteiger partial charge in [0, 0.05) is 18.7 Å². The molecule has 2 rings (SSSR count). The van der Waals surface area contributed by atoms with Gasteiger partial charge in [-0.25, -0.2) is 9.07 Å². The first-order valence-corrected chi connectivity index (χ1v) is 6.84. The molecule has 114 valence electrons. The summed E-state index contributed by atoms with van der Waals surface area (Å²) in [6.45, 7) is 3.83. The lowest BCUT2D eigenvalue weighted by atomic mass is 10.1. The maximum atomic E-state index is 13.7. The number of hydrogen-bond acceptors (Lipinski definition) is 3. The van der Waals surface area contributed by atoms with Crippen molar-refractivity contribution < 1.29 is 13.5 Å². The van der Waals surface area contributed by atoms with E-state index in [-0.39, 0.29) is 11.8 Å². The predicted octanol–water partition coefficient (Wildman–Crippen LogP) is 3.08. The molecular formula is C15H19F2N3O. The quantitative estimate of drug-likeness (QED) is 0.922. The average Bonchev–Trinajstić information content (AvgIpc) is 2.70. The SMILES string of the molecule is CCC(N)Cc1c(C)nn(C)c1Oc1cccc(F)c1F. The second-order valence-electron chi connectivity index (χ2n) is 5.02. The Labute approximate surface area is 122 Å². The van der Waals surface area contributed by atoms with Gasteiger partial charge in [0.05, 0.1) is 5.69 Å². The summed E-state index contributed by atoms with van der Waals surface area (Å²) in [5.74, 6) is -1.73. The molecular weight excluding hydrogens is 276 g/mol. The fourth-order valence-corrected chi connectivity index (χ4v) is 2.12. The maximum absolute atomic E-state index is 13.7. The van der Waals surface area contributed by atoms with Crippen LogP contribution < -0.4 is 10.5 Å². The second kappa shape index (κ2) is 6.22. The molecule has 0 fully saturated rings. The molecule has 2 N–H and O–H groups in total. The minimum absolute atomic E-state index is 0.0346. The first-order valence-electron chi connectivity index (χ1n) is 6.84. The van der Waals surface area contributed by atoms with Gasteiger partial charge in [0.15, 0.2) is 11.6 Å². The zero-order chi connectivity index (χ0) is 15.6. The fraction of sp³-hybridized carbons (Fsp3) is 0.400. The van der Waals surface area contributed by atoms with Gasteiger partial charge in [-0.2, -0.15) is 9.49 Å². The molecule has 0 aliphatic carbocycles. The van der Waals surface area contributed by atoms with Gasteiger partial charge in [0.25, 0.3) is 0 Å². The summed E-state index contributed by atoms with van der Waals surface area (Å²) in [6, 6.07) is 3.79. The van der Waals surface area contributed by atoms with E-state index in [9.17, 15) is 8.78 Å². The first kappa shape index (κ1) is 15.4. The van der Waals surface area contributed by atoms with Crippen LogP contribution in [-0.2, 0) is 13.5 Å². The Balaban J connectivity index is 2.37. The summed E-state index contributed by atoms with van der Waals surface area (Å²) >= 11 is 0. The molecule has 21 heavy (non-hydrogen) atoms. The van der Waals surface area contributed by atoms with Crippen LogP contribution in [0.4, 0.5) is 8.78 Å². The predicted molar refractivity (Wildman–Crippen MR) is 76.3 cm³/mol. The summed E-state index contributed by atoms with van der Waals surface area (Å²) in [5, 5.41) is 4.27. The van der Waals surface area contributed by atoms with Gasteiger partial charge >= 0.3 is 0 Å². The summed E-state index contributed by atoms with van der Waals surface area (Å²) in [5.41, 5.74) is 7.56. The standard InChI is InChI=1S/C15H19F2N3O/c1-4-10(18)8-11-9(2)19-20(3)15(11)21-13-7-5-6-12(16)14(13)17/h5-7,10H,4,8,18H2,1-3H3. The van der Waals surface area contributed by atoms with Crippen LogP contribution in [0.15, 0.2) is 18.2 Å². The minimum Gasteiger partial charge on any atom is -0.436 e. The Bertz CT molecular complexity index is 640. The topological polar surface area (TPSA) is 53.1 Å². The third-order valence-corrected chi connectivity index (χ3v) is 3.40. The lowest BCUT2D eigenvalue weighted by Gasteiger charge is -2.12. The third kappa shape index (κ3) is 3.21. The van der Waals surface area contributed by atoms with E-state index in [2.05, 4.69) is 5.10 Å². The molecule has 1 heterocycles. The molecule has 0 radical (unpaired) electrons. The molecule has 0 aliphatic heterocycles. The van der Waals surface area contributed by atoms with Crippen LogP contribution in [0.25, 0.3) is 0 Å². The van der Waals surface area contributed by atoms with Crippen LogP contribution in [0.5, 0.6) is 11.6 Å². The number of hydrogen-bond donors (Lipinski definition) is 1. The van der Waals surface area contributed by atoms with Crippen molar-refractivity contribution in [3.05, 3.63) is 41.1 Å². The smallest absolute Gasteiger partial charge is 0.221 e. The zero-order valence-corrected chi connectivity index (χ0v) is 12.4.